The van der Waals surface area contributed by atoms with Gasteiger partial charge in [-0.05, 0) is 52.6 Å². The number of hydrogen-bond donors (Lipinski definition) is 4. The molecule has 0 atom stereocenters. The average molecular weight is 409 g/mol. The minimum Gasteiger partial charge on any atom is -0.478 e. The summed E-state index contributed by atoms with van der Waals surface area (Å²) in [5.74, 6) is 2.22. The van der Waals surface area contributed by atoms with E-state index in [1.807, 2.05) is 0 Å². The molecule has 0 radical (unpaired) electrons. The molecule has 0 aliphatic carbocycles. The predicted octanol–water partition coefficient (Wildman–Crippen LogP) is 3.53. The lowest BCUT2D eigenvalue weighted by Gasteiger charge is -2.14. The van der Waals surface area contributed by atoms with E-state index in [0.717, 1.165) is 12.1 Å². The molecule has 3 aromatic carbocycles. The Morgan fingerprint density at radius 3 is 2.23 bits per heavy atom. The minimum atomic E-state index is -1.21. The fourth-order valence-corrected chi connectivity index (χ4v) is 3.10. The van der Waals surface area contributed by atoms with Crippen molar-refractivity contribution in [3.05, 3.63) is 89.1 Å². The van der Waals surface area contributed by atoms with E-state index >= 15 is 0 Å². The van der Waals surface area contributed by atoms with Gasteiger partial charge in [-0.3, -0.25) is 10.6 Å². The molecule has 0 fully saturated rings. The number of benzene rings is 3. The van der Waals surface area contributed by atoms with Crippen molar-refractivity contribution >= 4 is 18.0 Å². The van der Waals surface area contributed by atoms with Gasteiger partial charge >= 0.3 is 5.97 Å². The maximum absolute atomic E-state index is 13.7. The maximum atomic E-state index is 13.7. The second-order valence-corrected chi connectivity index (χ2v) is 6.34. The molecule has 0 heterocycles. The van der Waals surface area contributed by atoms with E-state index in [0.29, 0.717) is 34.2 Å². The van der Waals surface area contributed by atoms with Crippen LogP contribution in [0.4, 0.5) is 8.78 Å². The zero-order chi connectivity index (χ0) is 21.8. The summed E-state index contributed by atoms with van der Waals surface area (Å²) in [5, 5.41) is 9.64. The number of aromatic carboxylic acids is 1. The van der Waals surface area contributed by atoms with Crippen LogP contribution >= 0.6 is 0 Å². The third-order valence-electron chi connectivity index (χ3n) is 4.61. The lowest BCUT2D eigenvalue weighted by atomic mass is 9.90. The van der Waals surface area contributed by atoms with Crippen molar-refractivity contribution in [2.24, 2.45) is 11.6 Å². The van der Waals surface area contributed by atoms with Crippen LogP contribution in [0.2, 0.25) is 0 Å². The number of hydrogen-bond acceptors (Lipinski definition) is 5. The molecule has 0 saturated carbocycles. The Morgan fingerprint density at radius 2 is 1.63 bits per heavy atom. The van der Waals surface area contributed by atoms with E-state index in [2.05, 4.69) is 5.43 Å². The number of nitrogens with two attached hydrogens (primary N) is 2. The molecular weight excluding hydrogens is 392 g/mol. The largest absolute Gasteiger partial charge is 0.478 e. The first-order chi connectivity index (χ1) is 14.4. The van der Waals surface area contributed by atoms with Crippen LogP contribution in [-0.4, -0.2) is 17.4 Å². The molecule has 0 aromatic heterocycles. The Morgan fingerprint density at radius 1 is 0.933 bits per heavy atom. The van der Waals surface area contributed by atoms with Gasteiger partial charge in [-0.25, -0.2) is 13.6 Å². The van der Waals surface area contributed by atoms with Gasteiger partial charge in [0, 0.05) is 17.3 Å². The highest BCUT2D eigenvalue weighted by molar-refractivity contribution is 6.01. The van der Waals surface area contributed by atoms with Crippen molar-refractivity contribution in [3.8, 4) is 22.3 Å². The molecule has 0 bridgehead atoms. The Hall–Kier alpha value is -4.04. The molecule has 3 rings (SSSR count). The molecule has 0 aliphatic rings. The van der Waals surface area contributed by atoms with Crippen LogP contribution in [0, 0.1) is 11.6 Å². The van der Waals surface area contributed by atoms with E-state index in [-0.39, 0.29) is 16.7 Å². The summed E-state index contributed by atoms with van der Waals surface area (Å²) < 4.78 is 27.0. The van der Waals surface area contributed by atoms with Gasteiger partial charge in [0.05, 0.1) is 11.3 Å². The van der Waals surface area contributed by atoms with Crippen LogP contribution in [0.1, 0.15) is 26.3 Å². The molecule has 30 heavy (non-hydrogen) atoms. The van der Waals surface area contributed by atoms with Crippen molar-refractivity contribution in [1.82, 2.24) is 5.43 Å². The van der Waals surface area contributed by atoms with Crippen LogP contribution in [0.5, 0.6) is 0 Å². The quantitative estimate of drug-likeness (QED) is 0.281. The monoisotopic (exact) mass is 409 g/mol. The minimum absolute atomic E-state index is 0.0689. The van der Waals surface area contributed by atoms with Gasteiger partial charge in [0.2, 0.25) is 0 Å². The number of hydrazine groups is 1. The van der Waals surface area contributed by atoms with Gasteiger partial charge in [-0.1, -0.05) is 24.3 Å². The number of carboxylic acid groups (broad SMARTS) is 1. The van der Waals surface area contributed by atoms with Gasteiger partial charge in [0.1, 0.15) is 0 Å². The van der Waals surface area contributed by atoms with Crippen LogP contribution in [0.25, 0.3) is 28.0 Å². The zero-order valence-electron chi connectivity index (χ0n) is 15.5. The lowest BCUT2D eigenvalue weighted by Crippen LogP contribution is -2.21. The summed E-state index contributed by atoms with van der Waals surface area (Å²) in [4.78, 5) is 23.4. The average Bonchev–Trinajstić information content (AvgIpc) is 2.76. The van der Waals surface area contributed by atoms with Crippen molar-refractivity contribution in [2.75, 3.05) is 0 Å². The van der Waals surface area contributed by atoms with Crippen molar-refractivity contribution < 1.29 is 23.5 Å². The first-order valence-electron chi connectivity index (χ1n) is 8.70. The highest BCUT2D eigenvalue weighted by Crippen LogP contribution is 2.33. The van der Waals surface area contributed by atoms with E-state index < -0.39 is 17.6 Å². The highest BCUT2D eigenvalue weighted by Gasteiger charge is 2.17. The fourth-order valence-electron chi connectivity index (χ4n) is 3.10. The third-order valence-corrected chi connectivity index (χ3v) is 4.61. The SMILES string of the molecule is N/C=C(\NN)c1ccc(C=O)c(-c2cc(-c3ccc(F)c(F)c3)ccc2C(=O)O)c1. The van der Waals surface area contributed by atoms with Crippen molar-refractivity contribution in [3.63, 3.8) is 0 Å². The zero-order valence-corrected chi connectivity index (χ0v) is 15.5. The van der Waals surface area contributed by atoms with E-state index in [4.69, 9.17) is 11.6 Å². The van der Waals surface area contributed by atoms with Crippen LogP contribution in [-0.2, 0) is 0 Å². The molecule has 0 unspecified atom stereocenters. The van der Waals surface area contributed by atoms with E-state index in [9.17, 15) is 23.5 Å². The second-order valence-electron chi connectivity index (χ2n) is 6.34. The Kier molecular flexibility index (Phi) is 5.89. The van der Waals surface area contributed by atoms with Crippen LogP contribution in [0.15, 0.2) is 60.8 Å². The number of rotatable bonds is 6. The molecule has 152 valence electrons. The van der Waals surface area contributed by atoms with Crippen LogP contribution in [0.3, 0.4) is 0 Å². The molecule has 6 nitrogen and oxygen atoms in total. The van der Waals surface area contributed by atoms with Gasteiger partial charge in [-0.15, -0.1) is 0 Å². The number of carbonyl (C=O) groups is 2. The molecule has 0 spiro atoms. The number of halogens is 2. The molecular formula is C22H17F2N3O3. The second kappa shape index (κ2) is 8.54. The van der Waals surface area contributed by atoms with Gasteiger partial charge < -0.3 is 16.3 Å². The molecule has 0 saturated heterocycles. The van der Waals surface area contributed by atoms with E-state index in [1.165, 1.54) is 36.5 Å². The smallest absolute Gasteiger partial charge is 0.336 e. The third kappa shape index (κ3) is 3.89. The van der Waals surface area contributed by atoms with Gasteiger partial charge in [0.25, 0.3) is 0 Å². The Balaban J connectivity index is 2.28. The van der Waals surface area contributed by atoms with Crippen molar-refractivity contribution in [2.45, 2.75) is 0 Å². The Bertz CT molecular complexity index is 1180. The van der Waals surface area contributed by atoms with Crippen molar-refractivity contribution in [1.29, 1.82) is 0 Å². The molecule has 0 amide bonds. The molecule has 6 N–H and O–H groups in total. The summed E-state index contributed by atoms with van der Waals surface area (Å²) >= 11 is 0. The highest BCUT2D eigenvalue weighted by atomic mass is 19.2. The summed E-state index contributed by atoms with van der Waals surface area (Å²) in [7, 11) is 0. The summed E-state index contributed by atoms with van der Waals surface area (Å²) in [5.41, 5.74) is 10.4. The number of aldehydes is 1. The summed E-state index contributed by atoms with van der Waals surface area (Å²) in [6.07, 6.45) is 1.83. The first-order valence-corrected chi connectivity index (χ1v) is 8.70. The number of nitrogens with one attached hydrogen (secondary N) is 1. The Labute approximate surface area is 170 Å². The summed E-state index contributed by atoms with van der Waals surface area (Å²) in [6, 6.07) is 12.4. The van der Waals surface area contributed by atoms with Gasteiger partial charge in [-0.2, -0.15) is 0 Å². The normalized spacial score (nSPS) is 11.2. The maximum Gasteiger partial charge on any atom is 0.336 e. The van der Waals surface area contributed by atoms with Gasteiger partial charge in [0.15, 0.2) is 17.9 Å². The fraction of sp³-hybridized carbons (Fsp3) is 0. The molecule has 8 heteroatoms. The first kappa shape index (κ1) is 20.7. The lowest BCUT2D eigenvalue weighted by molar-refractivity contribution is 0.0697. The topological polar surface area (TPSA) is 118 Å². The number of carbonyl (C=O) groups excluding carboxylic acids is 1. The predicted molar refractivity (Wildman–Crippen MR) is 109 cm³/mol. The molecule has 3 aromatic rings. The summed E-state index contributed by atoms with van der Waals surface area (Å²) in [6.45, 7) is 0. The van der Waals surface area contributed by atoms with Crippen LogP contribution < -0.4 is 17.0 Å². The standard InChI is InChI=1S/C22H17F2N3O3/c23-19-6-4-13(9-20(19)24)12-3-5-16(22(29)30)18(7-12)17-8-14(21(10-25)27-26)1-2-15(17)11-28/h1-11,27H,25-26H2,(H,29,30)/b21-10-. The van der Waals surface area contributed by atoms with E-state index in [1.54, 1.807) is 12.1 Å². The molecule has 0 aliphatic heterocycles. The number of carboxylic acids is 1.